The minimum atomic E-state index is -0.183. The van der Waals surface area contributed by atoms with Gasteiger partial charge in [-0.1, -0.05) is 19.1 Å². The molecule has 0 unspecified atom stereocenters. The zero-order chi connectivity index (χ0) is 11.7. The van der Waals surface area contributed by atoms with E-state index in [1.54, 1.807) is 4.68 Å². The van der Waals surface area contributed by atoms with E-state index in [9.17, 15) is 4.79 Å². The molecule has 0 amide bonds. The molecule has 0 spiro atoms. The SMILES string of the molecule is CC.COC(=O)CCCn1cc(C)nn1. The van der Waals surface area contributed by atoms with Crippen LogP contribution in [0.15, 0.2) is 6.20 Å². The highest BCUT2D eigenvalue weighted by Crippen LogP contribution is 1.96. The van der Waals surface area contributed by atoms with Gasteiger partial charge in [0.2, 0.25) is 0 Å². The highest BCUT2D eigenvalue weighted by molar-refractivity contribution is 5.68. The van der Waals surface area contributed by atoms with Crippen LogP contribution >= 0.6 is 0 Å². The molecule has 0 radical (unpaired) electrons. The Kier molecular flexibility index (Phi) is 7.23. The standard InChI is InChI=1S/C8H13N3O2.C2H6/c1-7-6-11(10-9-7)5-3-4-8(12)13-2;1-2/h6H,3-5H2,1-2H3;1-2H3. The normalized spacial score (nSPS) is 9.07. The van der Waals surface area contributed by atoms with E-state index in [2.05, 4.69) is 15.0 Å². The maximum Gasteiger partial charge on any atom is 0.305 e. The van der Waals surface area contributed by atoms with Crippen LogP contribution in [0.5, 0.6) is 0 Å². The third kappa shape index (κ3) is 5.83. The molecular formula is C10H19N3O2. The van der Waals surface area contributed by atoms with Gasteiger partial charge >= 0.3 is 5.97 Å². The van der Waals surface area contributed by atoms with Crippen molar-refractivity contribution >= 4 is 5.97 Å². The van der Waals surface area contributed by atoms with Gasteiger partial charge in [-0.15, -0.1) is 5.10 Å². The molecule has 0 atom stereocenters. The lowest BCUT2D eigenvalue weighted by molar-refractivity contribution is -0.140. The first-order valence-corrected chi connectivity index (χ1v) is 5.16. The van der Waals surface area contributed by atoms with Gasteiger partial charge < -0.3 is 4.74 Å². The first-order chi connectivity index (χ1) is 7.22. The second-order valence-corrected chi connectivity index (χ2v) is 2.80. The van der Waals surface area contributed by atoms with Crippen LogP contribution < -0.4 is 0 Å². The van der Waals surface area contributed by atoms with E-state index < -0.39 is 0 Å². The number of hydrogen-bond acceptors (Lipinski definition) is 4. The average molecular weight is 213 g/mol. The number of carbonyl (C=O) groups excluding carboxylic acids is 1. The lowest BCUT2D eigenvalue weighted by Gasteiger charge is -1.98. The predicted octanol–water partition coefficient (Wildman–Crippen LogP) is 1.57. The number of rotatable bonds is 4. The lowest BCUT2D eigenvalue weighted by Crippen LogP contribution is -2.04. The Morgan fingerprint density at radius 1 is 1.53 bits per heavy atom. The summed E-state index contributed by atoms with van der Waals surface area (Å²) in [6, 6.07) is 0. The fourth-order valence-electron chi connectivity index (χ4n) is 0.992. The van der Waals surface area contributed by atoms with Gasteiger partial charge in [-0.3, -0.25) is 9.48 Å². The van der Waals surface area contributed by atoms with Gasteiger partial charge in [-0.25, -0.2) is 0 Å². The van der Waals surface area contributed by atoms with Crippen molar-refractivity contribution in [2.75, 3.05) is 7.11 Å². The summed E-state index contributed by atoms with van der Waals surface area (Å²) in [5.41, 5.74) is 0.887. The Balaban J connectivity index is 0.000000921. The predicted molar refractivity (Wildman–Crippen MR) is 57.4 cm³/mol. The van der Waals surface area contributed by atoms with Crippen LogP contribution in [0.25, 0.3) is 0 Å². The maximum atomic E-state index is 10.7. The number of nitrogens with zero attached hydrogens (tertiary/aromatic N) is 3. The van der Waals surface area contributed by atoms with Crippen molar-refractivity contribution < 1.29 is 9.53 Å². The molecule has 0 aromatic carbocycles. The van der Waals surface area contributed by atoms with Crippen LogP contribution in [0, 0.1) is 6.92 Å². The van der Waals surface area contributed by atoms with Gasteiger partial charge in [-0.2, -0.15) is 0 Å². The zero-order valence-corrected chi connectivity index (χ0v) is 9.86. The molecule has 0 aliphatic rings. The number of aryl methyl sites for hydroxylation is 2. The van der Waals surface area contributed by atoms with Crippen molar-refractivity contribution in [3.8, 4) is 0 Å². The molecule has 0 saturated heterocycles. The van der Waals surface area contributed by atoms with Crippen LogP contribution in [-0.4, -0.2) is 28.1 Å². The van der Waals surface area contributed by atoms with E-state index in [0.717, 1.165) is 12.1 Å². The van der Waals surface area contributed by atoms with Crippen LogP contribution in [-0.2, 0) is 16.1 Å². The fraction of sp³-hybridized carbons (Fsp3) is 0.700. The number of ether oxygens (including phenoxy) is 1. The summed E-state index contributed by atoms with van der Waals surface area (Å²) in [6.45, 7) is 6.58. The van der Waals surface area contributed by atoms with Gasteiger partial charge in [0.1, 0.15) is 0 Å². The average Bonchev–Trinajstić information content (AvgIpc) is 2.67. The summed E-state index contributed by atoms with van der Waals surface area (Å²) in [5.74, 6) is -0.183. The van der Waals surface area contributed by atoms with Crippen molar-refractivity contribution in [3.05, 3.63) is 11.9 Å². The van der Waals surface area contributed by atoms with E-state index in [1.807, 2.05) is 27.0 Å². The highest BCUT2D eigenvalue weighted by Gasteiger charge is 2.00. The smallest absolute Gasteiger partial charge is 0.305 e. The molecule has 0 bridgehead atoms. The molecule has 1 aromatic heterocycles. The van der Waals surface area contributed by atoms with Crippen molar-refractivity contribution in [1.29, 1.82) is 0 Å². The maximum absolute atomic E-state index is 10.7. The van der Waals surface area contributed by atoms with E-state index in [-0.39, 0.29) is 5.97 Å². The molecule has 1 aromatic rings. The molecule has 5 nitrogen and oxygen atoms in total. The Morgan fingerprint density at radius 3 is 2.67 bits per heavy atom. The van der Waals surface area contributed by atoms with Crippen molar-refractivity contribution in [2.45, 2.75) is 40.2 Å². The quantitative estimate of drug-likeness (QED) is 0.712. The van der Waals surface area contributed by atoms with E-state index >= 15 is 0 Å². The fourth-order valence-corrected chi connectivity index (χ4v) is 0.992. The second-order valence-electron chi connectivity index (χ2n) is 2.80. The van der Waals surface area contributed by atoms with Gasteiger partial charge in [0.25, 0.3) is 0 Å². The Hall–Kier alpha value is -1.39. The number of aromatic nitrogens is 3. The molecule has 5 heteroatoms. The Bertz CT molecular complexity index is 284. The molecule has 0 fully saturated rings. The van der Waals surface area contributed by atoms with Gasteiger partial charge in [-0.05, 0) is 13.3 Å². The first kappa shape index (κ1) is 13.6. The van der Waals surface area contributed by atoms with Crippen molar-refractivity contribution in [3.63, 3.8) is 0 Å². The van der Waals surface area contributed by atoms with Crippen LogP contribution in [0.2, 0.25) is 0 Å². The number of carbonyl (C=O) groups is 1. The summed E-state index contributed by atoms with van der Waals surface area (Å²) < 4.78 is 6.23. The third-order valence-corrected chi connectivity index (χ3v) is 1.65. The molecule has 0 N–H and O–H groups in total. The minimum absolute atomic E-state index is 0.183. The third-order valence-electron chi connectivity index (χ3n) is 1.65. The number of hydrogen-bond donors (Lipinski definition) is 0. The minimum Gasteiger partial charge on any atom is -0.469 e. The summed E-state index contributed by atoms with van der Waals surface area (Å²) in [7, 11) is 1.39. The largest absolute Gasteiger partial charge is 0.469 e. The Morgan fingerprint density at radius 2 is 2.20 bits per heavy atom. The summed E-state index contributed by atoms with van der Waals surface area (Å²) in [6.07, 6.45) is 3.00. The second kappa shape index (κ2) is 7.96. The number of methoxy groups -OCH3 is 1. The molecule has 0 aliphatic carbocycles. The van der Waals surface area contributed by atoms with Crippen molar-refractivity contribution in [2.24, 2.45) is 0 Å². The first-order valence-electron chi connectivity index (χ1n) is 5.16. The van der Waals surface area contributed by atoms with E-state index in [0.29, 0.717) is 13.0 Å². The molecule has 1 heterocycles. The van der Waals surface area contributed by atoms with Gasteiger partial charge in [0.05, 0.1) is 12.8 Å². The number of esters is 1. The summed E-state index contributed by atoms with van der Waals surface area (Å²) in [4.78, 5) is 10.7. The summed E-state index contributed by atoms with van der Waals surface area (Å²) >= 11 is 0. The molecule has 15 heavy (non-hydrogen) atoms. The van der Waals surface area contributed by atoms with Crippen LogP contribution in [0.4, 0.5) is 0 Å². The topological polar surface area (TPSA) is 57.0 Å². The van der Waals surface area contributed by atoms with E-state index in [1.165, 1.54) is 7.11 Å². The van der Waals surface area contributed by atoms with Gasteiger partial charge in [0, 0.05) is 19.2 Å². The molecule has 0 saturated carbocycles. The van der Waals surface area contributed by atoms with E-state index in [4.69, 9.17) is 0 Å². The Labute approximate surface area is 90.4 Å². The molecule has 1 rings (SSSR count). The van der Waals surface area contributed by atoms with Gasteiger partial charge in [0.15, 0.2) is 0 Å². The molecule has 86 valence electrons. The highest BCUT2D eigenvalue weighted by atomic mass is 16.5. The summed E-state index contributed by atoms with van der Waals surface area (Å²) in [5, 5.41) is 7.68. The molecular weight excluding hydrogens is 194 g/mol. The van der Waals surface area contributed by atoms with Crippen LogP contribution in [0.3, 0.4) is 0 Å². The van der Waals surface area contributed by atoms with Crippen molar-refractivity contribution in [1.82, 2.24) is 15.0 Å². The lowest BCUT2D eigenvalue weighted by atomic mass is 10.3. The monoisotopic (exact) mass is 213 g/mol. The zero-order valence-electron chi connectivity index (χ0n) is 9.86. The molecule has 0 aliphatic heterocycles. The van der Waals surface area contributed by atoms with Crippen LogP contribution in [0.1, 0.15) is 32.4 Å².